The van der Waals surface area contributed by atoms with Gasteiger partial charge in [-0.25, -0.2) is 13.5 Å². The highest BCUT2D eigenvalue weighted by atomic mass is 32.1. The Bertz CT molecular complexity index is 1030. The summed E-state index contributed by atoms with van der Waals surface area (Å²) in [5.41, 5.74) is 1.83. The lowest BCUT2D eigenvalue weighted by molar-refractivity contribution is 0.624. The molecule has 3 nitrogen and oxygen atoms in total. The van der Waals surface area contributed by atoms with Gasteiger partial charge in [-0.05, 0) is 25.1 Å². The summed E-state index contributed by atoms with van der Waals surface area (Å²) in [6.07, 6.45) is 1.67. The summed E-state index contributed by atoms with van der Waals surface area (Å²) < 4.78 is 29.9. The molecule has 0 aliphatic rings. The van der Waals surface area contributed by atoms with Gasteiger partial charge in [0.05, 0.1) is 18.0 Å². The molecule has 3 aromatic rings. The second kappa shape index (κ2) is 8.01. The molecule has 1 heterocycles. The van der Waals surface area contributed by atoms with Gasteiger partial charge in [0.25, 0.3) is 0 Å². The largest absolute Gasteiger partial charge is 0.253 e. The summed E-state index contributed by atoms with van der Waals surface area (Å²) in [5.74, 6) is -0.713. The number of hydrogen-bond donors (Lipinski definition) is 0. The second-order valence-electron chi connectivity index (χ2n) is 5.49. The first-order valence-electron chi connectivity index (χ1n) is 7.99. The Labute approximate surface area is 154 Å². The van der Waals surface area contributed by atoms with Gasteiger partial charge in [-0.3, -0.25) is 4.99 Å². The van der Waals surface area contributed by atoms with Crippen LogP contribution in [0.1, 0.15) is 12.5 Å². The lowest BCUT2D eigenvalue weighted by Crippen LogP contribution is -2.15. The number of hydrogen-bond acceptors (Lipinski definition) is 3. The molecule has 26 heavy (non-hydrogen) atoms. The molecule has 6 heteroatoms. The van der Waals surface area contributed by atoms with Gasteiger partial charge in [-0.1, -0.05) is 36.4 Å². The molecule has 0 atom stereocenters. The Kier molecular flexibility index (Phi) is 5.53. The zero-order valence-electron chi connectivity index (χ0n) is 14.2. The molecule has 0 saturated carbocycles. The van der Waals surface area contributed by atoms with Crippen LogP contribution in [0.4, 0.5) is 8.78 Å². The fourth-order valence-electron chi connectivity index (χ4n) is 2.46. The second-order valence-corrected chi connectivity index (χ2v) is 6.33. The van der Waals surface area contributed by atoms with Crippen molar-refractivity contribution in [1.82, 2.24) is 4.68 Å². The van der Waals surface area contributed by atoms with E-state index in [-0.39, 0.29) is 11.6 Å². The predicted molar refractivity (Wildman–Crippen MR) is 102 cm³/mol. The fraction of sp³-hybridized carbons (Fsp3) is 0.100. The van der Waals surface area contributed by atoms with E-state index in [1.54, 1.807) is 59.5 Å². The van der Waals surface area contributed by atoms with Crippen molar-refractivity contribution in [2.24, 2.45) is 10.1 Å². The molecule has 3 rings (SSSR count). The van der Waals surface area contributed by atoms with Gasteiger partial charge >= 0.3 is 0 Å². The normalized spacial score (nSPS) is 12.4. The lowest BCUT2D eigenvalue weighted by atomic mass is 10.1. The highest BCUT2D eigenvalue weighted by Gasteiger charge is 2.13. The van der Waals surface area contributed by atoms with Crippen molar-refractivity contribution in [1.29, 1.82) is 0 Å². The van der Waals surface area contributed by atoms with Crippen molar-refractivity contribution in [3.8, 4) is 11.3 Å². The standard InChI is InChI=1S/C20H17F2N3S/c1-3-12-23-20-25(24-14(2)15-8-4-6-10-17(15)21)19(13-26-20)16-9-5-7-11-18(16)22/h3-11,13H,1,12H2,2H3. The van der Waals surface area contributed by atoms with Crippen LogP contribution in [0, 0.1) is 11.6 Å². The van der Waals surface area contributed by atoms with Crippen LogP contribution in [0.3, 0.4) is 0 Å². The maximum absolute atomic E-state index is 14.3. The van der Waals surface area contributed by atoms with E-state index in [1.165, 1.54) is 23.5 Å². The highest BCUT2D eigenvalue weighted by molar-refractivity contribution is 7.07. The van der Waals surface area contributed by atoms with Crippen LogP contribution in [0.5, 0.6) is 0 Å². The molecule has 0 bridgehead atoms. The number of rotatable bonds is 5. The lowest BCUT2D eigenvalue weighted by Gasteiger charge is -2.07. The van der Waals surface area contributed by atoms with Crippen LogP contribution < -0.4 is 4.80 Å². The van der Waals surface area contributed by atoms with Crippen LogP contribution >= 0.6 is 11.3 Å². The number of aromatic nitrogens is 1. The molecule has 0 radical (unpaired) electrons. The minimum absolute atomic E-state index is 0.354. The predicted octanol–water partition coefficient (Wildman–Crippen LogP) is 4.85. The van der Waals surface area contributed by atoms with E-state index in [1.807, 2.05) is 0 Å². The Hall–Kier alpha value is -2.86. The topological polar surface area (TPSA) is 29.6 Å². The minimum atomic E-state index is -0.360. The van der Waals surface area contributed by atoms with Gasteiger partial charge in [0, 0.05) is 16.5 Å². The molecular weight excluding hydrogens is 352 g/mol. The number of benzene rings is 2. The number of nitrogens with zero attached hydrogens (tertiary/aromatic N) is 3. The molecule has 0 aliphatic carbocycles. The summed E-state index contributed by atoms with van der Waals surface area (Å²) in [4.78, 5) is 4.99. The Balaban J connectivity index is 2.20. The molecule has 0 amide bonds. The quantitative estimate of drug-likeness (QED) is 0.454. The SMILES string of the molecule is C=CCN=c1scc(-c2ccccc2F)n1N=C(C)c1ccccc1F. The maximum atomic E-state index is 14.3. The van der Waals surface area contributed by atoms with Crippen molar-refractivity contribution >= 4 is 17.0 Å². The van der Waals surface area contributed by atoms with Crippen LogP contribution in [-0.2, 0) is 0 Å². The summed E-state index contributed by atoms with van der Waals surface area (Å²) in [6.45, 7) is 5.78. The van der Waals surface area contributed by atoms with E-state index >= 15 is 0 Å². The first-order chi connectivity index (χ1) is 12.6. The molecule has 0 saturated heterocycles. The summed E-state index contributed by atoms with van der Waals surface area (Å²) in [5, 5.41) is 6.32. The zero-order chi connectivity index (χ0) is 18.5. The summed E-state index contributed by atoms with van der Waals surface area (Å²) >= 11 is 1.34. The molecule has 132 valence electrons. The third kappa shape index (κ3) is 3.70. The smallest absolute Gasteiger partial charge is 0.206 e. The van der Waals surface area contributed by atoms with E-state index in [0.29, 0.717) is 33.9 Å². The van der Waals surface area contributed by atoms with Crippen LogP contribution in [0.25, 0.3) is 11.3 Å². The highest BCUT2D eigenvalue weighted by Crippen LogP contribution is 2.23. The van der Waals surface area contributed by atoms with Gasteiger partial charge < -0.3 is 0 Å². The van der Waals surface area contributed by atoms with E-state index in [2.05, 4.69) is 16.7 Å². The number of thiazole rings is 1. The maximum Gasteiger partial charge on any atom is 0.206 e. The van der Waals surface area contributed by atoms with Crippen LogP contribution in [0.15, 0.2) is 76.7 Å². The molecule has 0 unspecified atom stereocenters. The molecule has 2 aromatic carbocycles. The Morgan fingerprint density at radius 2 is 1.81 bits per heavy atom. The third-order valence-electron chi connectivity index (χ3n) is 3.70. The van der Waals surface area contributed by atoms with Gasteiger partial charge in [0.2, 0.25) is 4.80 Å². The van der Waals surface area contributed by atoms with Gasteiger partial charge in [0.1, 0.15) is 11.6 Å². The van der Waals surface area contributed by atoms with E-state index in [0.717, 1.165) is 0 Å². The first-order valence-corrected chi connectivity index (χ1v) is 8.87. The van der Waals surface area contributed by atoms with E-state index < -0.39 is 0 Å². The van der Waals surface area contributed by atoms with E-state index in [4.69, 9.17) is 0 Å². The molecule has 0 aliphatic heterocycles. The molecular formula is C20H17F2N3S. The van der Waals surface area contributed by atoms with Crippen molar-refractivity contribution < 1.29 is 8.78 Å². The molecule has 0 fully saturated rings. The van der Waals surface area contributed by atoms with Gasteiger partial charge in [-0.15, -0.1) is 17.9 Å². The first kappa shape index (κ1) is 17.9. The number of halogens is 2. The Morgan fingerprint density at radius 1 is 1.12 bits per heavy atom. The van der Waals surface area contributed by atoms with Crippen molar-refractivity contribution in [3.63, 3.8) is 0 Å². The summed E-state index contributed by atoms with van der Waals surface area (Å²) in [7, 11) is 0. The minimum Gasteiger partial charge on any atom is -0.253 e. The third-order valence-corrected chi connectivity index (χ3v) is 4.56. The van der Waals surface area contributed by atoms with Crippen LogP contribution in [-0.4, -0.2) is 16.9 Å². The van der Waals surface area contributed by atoms with Crippen molar-refractivity contribution in [2.75, 3.05) is 6.54 Å². The summed E-state index contributed by atoms with van der Waals surface area (Å²) in [6, 6.07) is 12.9. The molecule has 1 aromatic heterocycles. The van der Waals surface area contributed by atoms with Crippen LogP contribution in [0.2, 0.25) is 0 Å². The van der Waals surface area contributed by atoms with Crippen molar-refractivity contribution in [3.05, 3.63) is 88.6 Å². The monoisotopic (exact) mass is 369 g/mol. The molecule has 0 N–H and O–H groups in total. The average molecular weight is 369 g/mol. The van der Waals surface area contributed by atoms with Crippen molar-refractivity contribution in [2.45, 2.75) is 6.92 Å². The average Bonchev–Trinajstić information content (AvgIpc) is 3.03. The van der Waals surface area contributed by atoms with Gasteiger partial charge in [0.15, 0.2) is 0 Å². The van der Waals surface area contributed by atoms with Gasteiger partial charge in [-0.2, -0.15) is 5.10 Å². The van der Waals surface area contributed by atoms with E-state index in [9.17, 15) is 8.78 Å². The Morgan fingerprint density at radius 3 is 2.50 bits per heavy atom. The fourth-order valence-corrected chi connectivity index (χ4v) is 3.29. The molecule has 0 spiro atoms. The zero-order valence-corrected chi connectivity index (χ0v) is 15.0.